The third-order valence-electron chi connectivity index (χ3n) is 2.98. The van der Waals surface area contributed by atoms with E-state index >= 15 is 0 Å². The number of rotatable bonds is 1. The van der Waals surface area contributed by atoms with E-state index in [1.165, 1.54) is 10.6 Å². The average Bonchev–Trinajstić information content (AvgIpc) is 2.75. The van der Waals surface area contributed by atoms with E-state index in [0.29, 0.717) is 16.2 Å². The predicted octanol–water partition coefficient (Wildman–Crippen LogP) is 4.08. The molecule has 2 aromatic carbocycles. The number of aromatic nitrogens is 1. The Morgan fingerprint density at radius 3 is 2.60 bits per heavy atom. The Hall–Kier alpha value is -2.46. The summed E-state index contributed by atoms with van der Waals surface area (Å²) in [4.78, 5) is 12.3. The van der Waals surface area contributed by atoms with Crippen molar-refractivity contribution in [3.63, 3.8) is 0 Å². The van der Waals surface area contributed by atoms with Crippen LogP contribution in [0.3, 0.4) is 0 Å². The van der Waals surface area contributed by atoms with Gasteiger partial charge in [-0.2, -0.15) is 0 Å². The minimum Gasteiger partial charge on any atom is -0.494 e. The van der Waals surface area contributed by atoms with Crippen LogP contribution in [0.25, 0.3) is 10.9 Å². The van der Waals surface area contributed by atoms with Gasteiger partial charge in [0.05, 0.1) is 5.52 Å². The van der Waals surface area contributed by atoms with Gasteiger partial charge in [-0.05, 0) is 24.3 Å². The zero-order valence-corrected chi connectivity index (χ0v) is 11.1. The molecule has 0 unspecified atom stereocenters. The molecule has 3 aromatic rings. The summed E-state index contributed by atoms with van der Waals surface area (Å²) in [6.45, 7) is 0. The fourth-order valence-corrected chi connectivity index (χ4v) is 2.24. The van der Waals surface area contributed by atoms with Crippen molar-refractivity contribution in [3.8, 4) is 5.88 Å². The first-order valence-electron chi connectivity index (χ1n) is 6.01. The molecule has 0 aliphatic rings. The molecule has 0 bridgehead atoms. The normalized spacial score (nSPS) is 10.7. The van der Waals surface area contributed by atoms with Gasteiger partial charge in [-0.25, -0.2) is 9.36 Å². The van der Waals surface area contributed by atoms with E-state index in [9.17, 15) is 9.90 Å². The SMILES string of the molecule is O=C(Nc1ccccc1)n1c(O)cc2ccc(Cl)cc21. The summed E-state index contributed by atoms with van der Waals surface area (Å²) in [5.41, 5.74) is 1.21. The molecule has 0 radical (unpaired) electrons. The predicted molar refractivity (Wildman–Crippen MR) is 79.5 cm³/mol. The third kappa shape index (κ3) is 2.21. The topological polar surface area (TPSA) is 54.3 Å². The number of halogens is 1. The lowest BCUT2D eigenvalue weighted by atomic mass is 10.2. The Morgan fingerprint density at radius 1 is 1.10 bits per heavy atom. The number of nitrogens with zero attached hydrogens (tertiary/aromatic N) is 1. The van der Waals surface area contributed by atoms with E-state index < -0.39 is 6.03 Å². The molecule has 1 amide bonds. The van der Waals surface area contributed by atoms with Gasteiger partial charge in [0, 0.05) is 22.2 Å². The van der Waals surface area contributed by atoms with E-state index in [0.717, 1.165) is 5.39 Å². The quantitative estimate of drug-likeness (QED) is 0.708. The highest BCUT2D eigenvalue weighted by Crippen LogP contribution is 2.27. The largest absolute Gasteiger partial charge is 0.494 e. The van der Waals surface area contributed by atoms with Gasteiger partial charge < -0.3 is 10.4 Å². The van der Waals surface area contributed by atoms with Gasteiger partial charge in [-0.1, -0.05) is 35.9 Å². The van der Waals surface area contributed by atoms with Gasteiger partial charge >= 0.3 is 6.03 Å². The molecular weight excluding hydrogens is 276 g/mol. The number of nitrogens with one attached hydrogen (secondary N) is 1. The van der Waals surface area contributed by atoms with Crippen LogP contribution in [0.15, 0.2) is 54.6 Å². The number of carbonyl (C=O) groups excluding carboxylic acids is 1. The summed E-state index contributed by atoms with van der Waals surface area (Å²) in [6.07, 6.45) is 0. The summed E-state index contributed by atoms with van der Waals surface area (Å²) >= 11 is 5.94. The number of hydrogen-bond donors (Lipinski definition) is 2. The van der Waals surface area contributed by atoms with Crippen LogP contribution in [-0.2, 0) is 0 Å². The lowest BCUT2D eigenvalue weighted by Gasteiger charge is -2.08. The second-order valence-electron chi connectivity index (χ2n) is 4.34. The Morgan fingerprint density at radius 2 is 1.85 bits per heavy atom. The number of hydrogen-bond acceptors (Lipinski definition) is 2. The number of anilines is 1. The first kappa shape index (κ1) is 12.6. The fourth-order valence-electron chi connectivity index (χ4n) is 2.07. The molecule has 0 spiro atoms. The highest BCUT2D eigenvalue weighted by Gasteiger charge is 2.15. The molecule has 0 fully saturated rings. The maximum absolute atomic E-state index is 12.3. The maximum Gasteiger partial charge on any atom is 0.333 e. The molecule has 5 heteroatoms. The van der Waals surface area contributed by atoms with Gasteiger partial charge in [-0.15, -0.1) is 0 Å². The Balaban J connectivity index is 2.03. The standard InChI is InChI=1S/C15H11ClN2O2/c16-11-7-6-10-8-14(19)18(13(10)9-11)15(20)17-12-4-2-1-3-5-12/h1-9,19H,(H,17,20). The molecule has 0 aliphatic carbocycles. The lowest BCUT2D eigenvalue weighted by Crippen LogP contribution is -2.18. The number of fused-ring (bicyclic) bond motifs is 1. The number of carbonyl (C=O) groups is 1. The Kier molecular flexibility index (Phi) is 3.08. The first-order valence-corrected chi connectivity index (χ1v) is 6.39. The van der Waals surface area contributed by atoms with Crippen molar-refractivity contribution in [2.75, 3.05) is 5.32 Å². The van der Waals surface area contributed by atoms with Gasteiger partial charge in [0.1, 0.15) is 0 Å². The third-order valence-corrected chi connectivity index (χ3v) is 3.21. The smallest absolute Gasteiger partial charge is 0.333 e. The van der Waals surface area contributed by atoms with Crippen molar-refractivity contribution in [2.24, 2.45) is 0 Å². The van der Waals surface area contributed by atoms with Crippen LogP contribution in [0.1, 0.15) is 0 Å². The van der Waals surface area contributed by atoms with Gasteiger partial charge in [0.2, 0.25) is 0 Å². The highest BCUT2D eigenvalue weighted by molar-refractivity contribution is 6.31. The first-order chi connectivity index (χ1) is 9.65. The van der Waals surface area contributed by atoms with E-state index in [4.69, 9.17) is 11.6 Å². The van der Waals surface area contributed by atoms with Crippen LogP contribution in [0.2, 0.25) is 5.02 Å². The molecule has 2 N–H and O–H groups in total. The summed E-state index contributed by atoms with van der Waals surface area (Å²) in [6, 6.07) is 15.2. The minimum atomic E-state index is -0.439. The number of amides is 1. The van der Waals surface area contributed by atoms with E-state index in [1.54, 1.807) is 30.3 Å². The summed E-state index contributed by atoms with van der Waals surface area (Å²) in [5.74, 6) is -0.129. The van der Waals surface area contributed by atoms with Crippen LogP contribution < -0.4 is 5.32 Å². The summed E-state index contributed by atoms with van der Waals surface area (Å²) < 4.78 is 1.19. The van der Waals surface area contributed by atoms with Crippen LogP contribution in [0, 0.1) is 0 Å². The van der Waals surface area contributed by atoms with Crippen LogP contribution >= 0.6 is 11.6 Å². The molecule has 0 aliphatic heterocycles. The Labute approximate surface area is 120 Å². The summed E-state index contributed by atoms with van der Waals surface area (Å²) in [7, 11) is 0. The van der Waals surface area contributed by atoms with Crippen molar-refractivity contribution in [1.29, 1.82) is 0 Å². The molecule has 4 nitrogen and oxygen atoms in total. The minimum absolute atomic E-state index is 0.129. The molecular formula is C15H11ClN2O2. The Bertz CT molecular complexity index is 781. The number of benzene rings is 2. The highest BCUT2D eigenvalue weighted by atomic mass is 35.5. The maximum atomic E-state index is 12.3. The van der Waals surface area contributed by atoms with Gasteiger partial charge in [-0.3, -0.25) is 0 Å². The zero-order chi connectivity index (χ0) is 14.1. The molecule has 1 aromatic heterocycles. The van der Waals surface area contributed by atoms with Crippen LogP contribution in [0.5, 0.6) is 5.88 Å². The van der Waals surface area contributed by atoms with Crippen molar-refractivity contribution < 1.29 is 9.90 Å². The lowest BCUT2D eigenvalue weighted by molar-refractivity contribution is 0.251. The number of para-hydroxylation sites is 1. The molecule has 20 heavy (non-hydrogen) atoms. The number of aromatic hydroxyl groups is 1. The molecule has 3 rings (SSSR count). The van der Waals surface area contributed by atoms with Gasteiger partial charge in [0.25, 0.3) is 0 Å². The van der Waals surface area contributed by atoms with E-state index in [1.807, 2.05) is 18.2 Å². The molecule has 1 heterocycles. The van der Waals surface area contributed by atoms with Gasteiger partial charge in [0.15, 0.2) is 5.88 Å². The van der Waals surface area contributed by atoms with Crippen molar-refractivity contribution in [1.82, 2.24) is 4.57 Å². The van der Waals surface area contributed by atoms with Crippen LogP contribution in [0.4, 0.5) is 10.5 Å². The zero-order valence-electron chi connectivity index (χ0n) is 10.4. The molecule has 0 saturated carbocycles. The monoisotopic (exact) mass is 286 g/mol. The fraction of sp³-hybridized carbons (Fsp3) is 0. The second-order valence-corrected chi connectivity index (χ2v) is 4.77. The van der Waals surface area contributed by atoms with Crippen molar-refractivity contribution in [3.05, 3.63) is 59.6 Å². The molecule has 0 saturated heterocycles. The summed E-state index contributed by atoms with van der Waals surface area (Å²) in [5, 5.41) is 13.9. The molecule has 0 atom stereocenters. The van der Waals surface area contributed by atoms with E-state index in [-0.39, 0.29) is 5.88 Å². The molecule has 100 valence electrons. The van der Waals surface area contributed by atoms with Crippen molar-refractivity contribution in [2.45, 2.75) is 0 Å². The van der Waals surface area contributed by atoms with Crippen molar-refractivity contribution >= 4 is 34.2 Å². The van der Waals surface area contributed by atoms with E-state index in [2.05, 4.69) is 5.32 Å². The van der Waals surface area contributed by atoms with Crippen LogP contribution in [-0.4, -0.2) is 15.7 Å². The average molecular weight is 287 g/mol. The second kappa shape index (κ2) is 4.90.